The van der Waals surface area contributed by atoms with Crippen LogP contribution in [0.4, 0.5) is 0 Å². The number of rotatable bonds is 2. The van der Waals surface area contributed by atoms with Gasteiger partial charge >= 0.3 is 0 Å². The van der Waals surface area contributed by atoms with Crippen molar-refractivity contribution in [1.29, 1.82) is 0 Å². The lowest BCUT2D eigenvalue weighted by molar-refractivity contribution is 0.465. The van der Waals surface area contributed by atoms with Gasteiger partial charge in [0.1, 0.15) is 5.75 Å². The van der Waals surface area contributed by atoms with Crippen molar-refractivity contribution in [1.82, 2.24) is 0 Å². The summed E-state index contributed by atoms with van der Waals surface area (Å²) in [6.07, 6.45) is 1.54. The molecule has 0 spiro atoms. The standard InChI is InChI=1S/C9H9BrClNO.ClH/c1-2-7(12)8-5(10)3-4-6(11)9(8)13;/h2-4,7,13H,1,12H2;1H/t7-;/m1./s1. The number of halogens is 3. The first kappa shape index (κ1) is 13.8. The highest BCUT2D eigenvalue weighted by Crippen LogP contribution is 2.36. The van der Waals surface area contributed by atoms with Gasteiger partial charge in [0.05, 0.1) is 11.1 Å². The molecule has 0 aliphatic heterocycles. The van der Waals surface area contributed by atoms with Gasteiger partial charge in [-0.3, -0.25) is 0 Å². The van der Waals surface area contributed by atoms with Crippen LogP contribution in [0, 0.1) is 0 Å². The van der Waals surface area contributed by atoms with Crippen molar-refractivity contribution in [3.05, 3.63) is 39.8 Å². The van der Waals surface area contributed by atoms with E-state index in [4.69, 9.17) is 17.3 Å². The van der Waals surface area contributed by atoms with Gasteiger partial charge in [0.15, 0.2) is 0 Å². The average molecular weight is 299 g/mol. The Morgan fingerprint density at radius 2 is 2.14 bits per heavy atom. The summed E-state index contributed by atoms with van der Waals surface area (Å²) in [5.74, 6) is 0.00319. The molecular weight excluding hydrogens is 289 g/mol. The third-order valence-corrected chi connectivity index (χ3v) is 2.70. The maximum absolute atomic E-state index is 9.59. The van der Waals surface area contributed by atoms with Gasteiger partial charge in [0, 0.05) is 10.0 Å². The third-order valence-electron chi connectivity index (χ3n) is 1.70. The Morgan fingerprint density at radius 3 is 2.64 bits per heavy atom. The Bertz CT molecular complexity index is 344. The van der Waals surface area contributed by atoms with Gasteiger partial charge in [0.25, 0.3) is 0 Å². The first-order valence-electron chi connectivity index (χ1n) is 3.63. The molecule has 0 aliphatic carbocycles. The average Bonchev–Trinajstić information content (AvgIpc) is 2.12. The molecule has 0 heterocycles. The van der Waals surface area contributed by atoms with Crippen molar-refractivity contribution in [3.8, 4) is 5.75 Å². The lowest BCUT2D eigenvalue weighted by Crippen LogP contribution is -2.07. The van der Waals surface area contributed by atoms with Crippen LogP contribution in [0.1, 0.15) is 11.6 Å². The highest BCUT2D eigenvalue weighted by molar-refractivity contribution is 9.10. The van der Waals surface area contributed by atoms with Crippen LogP contribution in [0.15, 0.2) is 29.3 Å². The molecule has 1 aromatic carbocycles. The monoisotopic (exact) mass is 297 g/mol. The zero-order valence-corrected chi connectivity index (χ0v) is 10.4. The van der Waals surface area contributed by atoms with E-state index in [1.807, 2.05) is 0 Å². The molecule has 14 heavy (non-hydrogen) atoms. The molecule has 0 amide bonds. The molecule has 0 bridgehead atoms. The van der Waals surface area contributed by atoms with E-state index in [0.29, 0.717) is 5.56 Å². The smallest absolute Gasteiger partial charge is 0.140 e. The van der Waals surface area contributed by atoms with Gasteiger partial charge in [0.2, 0.25) is 0 Å². The number of phenols is 1. The number of hydrogen-bond acceptors (Lipinski definition) is 2. The summed E-state index contributed by atoms with van der Waals surface area (Å²) in [5, 5.41) is 9.88. The summed E-state index contributed by atoms with van der Waals surface area (Å²) in [6.45, 7) is 3.55. The zero-order chi connectivity index (χ0) is 10.0. The van der Waals surface area contributed by atoms with Crippen molar-refractivity contribution in [2.75, 3.05) is 0 Å². The van der Waals surface area contributed by atoms with Crippen molar-refractivity contribution < 1.29 is 5.11 Å². The summed E-state index contributed by atoms with van der Waals surface area (Å²) in [6, 6.07) is 2.91. The summed E-state index contributed by atoms with van der Waals surface area (Å²) >= 11 is 9.00. The predicted octanol–water partition coefficient (Wildman–Crippen LogP) is 3.42. The molecule has 78 valence electrons. The normalized spacial score (nSPS) is 11.6. The highest BCUT2D eigenvalue weighted by atomic mass is 79.9. The van der Waals surface area contributed by atoms with E-state index in [1.54, 1.807) is 12.1 Å². The molecule has 2 nitrogen and oxygen atoms in total. The quantitative estimate of drug-likeness (QED) is 0.822. The van der Waals surface area contributed by atoms with Crippen molar-refractivity contribution in [2.45, 2.75) is 6.04 Å². The van der Waals surface area contributed by atoms with Crippen LogP contribution in [-0.4, -0.2) is 5.11 Å². The summed E-state index contributed by atoms with van der Waals surface area (Å²) < 4.78 is 0.724. The van der Waals surface area contributed by atoms with Crippen LogP contribution < -0.4 is 5.73 Å². The van der Waals surface area contributed by atoms with Crippen molar-refractivity contribution in [2.24, 2.45) is 5.73 Å². The molecule has 0 saturated heterocycles. The molecule has 3 N–H and O–H groups in total. The summed E-state index contributed by atoms with van der Waals surface area (Å²) in [7, 11) is 0. The topological polar surface area (TPSA) is 46.2 Å². The Morgan fingerprint density at radius 1 is 1.57 bits per heavy atom. The fraction of sp³-hybridized carbons (Fsp3) is 0.111. The van der Waals surface area contributed by atoms with Crippen LogP contribution in [0.25, 0.3) is 0 Å². The minimum Gasteiger partial charge on any atom is -0.506 e. The van der Waals surface area contributed by atoms with Crippen LogP contribution >= 0.6 is 39.9 Å². The van der Waals surface area contributed by atoms with Gasteiger partial charge in [-0.1, -0.05) is 33.6 Å². The minimum atomic E-state index is -0.423. The highest BCUT2D eigenvalue weighted by Gasteiger charge is 2.14. The minimum absolute atomic E-state index is 0. The molecule has 0 unspecified atom stereocenters. The van der Waals surface area contributed by atoms with Crippen molar-refractivity contribution in [3.63, 3.8) is 0 Å². The van der Waals surface area contributed by atoms with Gasteiger partial charge in [-0.15, -0.1) is 19.0 Å². The summed E-state index contributed by atoms with van der Waals surface area (Å²) in [4.78, 5) is 0. The number of phenolic OH excluding ortho intramolecular Hbond substituents is 1. The molecule has 1 atom stereocenters. The summed E-state index contributed by atoms with van der Waals surface area (Å²) in [5.41, 5.74) is 6.26. The maximum Gasteiger partial charge on any atom is 0.140 e. The molecule has 0 fully saturated rings. The van der Waals surface area contributed by atoms with E-state index < -0.39 is 6.04 Å². The van der Waals surface area contributed by atoms with E-state index >= 15 is 0 Å². The SMILES string of the molecule is C=C[C@@H](N)c1c(Br)ccc(Cl)c1O.Cl. The number of aromatic hydroxyl groups is 1. The maximum atomic E-state index is 9.59. The Labute approximate surface area is 102 Å². The number of benzene rings is 1. The molecule has 0 radical (unpaired) electrons. The Kier molecular flexibility index (Phi) is 5.52. The van der Waals surface area contributed by atoms with Gasteiger partial charge in [-0.05, 0) is 12.1 Å². The van der Waals surface area contributed by atoms with Crippen LogP contribution in [0.2, 0.25) is 5.02 Å². The molecular formula is C9H10BrCl2NO. The molecule has 0 saturated carbocycles. The van der Waals surface area contributed by atoms with Gasteiger partial charge in [-0.2, -0.15) is 0 Å². The number of nitrogens with two attached hydrogens (primary N) is 1. The van der Waals surface area contributed by atoms with E-state index in [9.17, 15) is 5.11 Å². The van der Waals surface area contributed by atoms with E-state index in [0.717, 1.165) is 4.47 Å². The Balaban J connectivity index is 0.00000169. The molecule has 5 heteroatoms. The first-order chi connectivity index (χ1) is 6.07. The Hall–Kier alpha value is -0.220. The second-order valence-corrected chi connectivity index (χ2v) is 3.81. The van der Waals surface area contributed by atoms with Crippen LogP contribution in [0.3, 0.4) is 0 Å². The predicted molar refractivity (Wildman–Crippen MR) is 65.2 cm³/mol. The van der Waals surface area contributed by atoms with E-state index in [2.05, 4.69) is 22.5 Å². The molecule has 0 aliphatic rings. The fourth-order valence-electron chi connectivity index (χ4n) is 0.992. The van der Waals surface area contributed by atoms with Crippen molar-refractivity contribution >= 4 is 39.9 Å². The van der Waals surface area contributed by atoms with Crippen LogP contribution in [0.5, 0.6) is 5.75 Å². The lowest BCUT2D eigenvalue weighted by atomic mass is 10.1. The zero-order valence-electron chi connectivity index (χ0n) is 7.21. The fourth-order valence-corrected chi connectivity index (χ4v) is 1.74. The second-order valence-electron chi connectivity index (χ2n) is 2.55. The van der Waals surface area contributed by atoms with Gasteiger partial charge < -0.3 is 10.8 Å². The lowest BCUT2D eigenvalue weighted by Gasteiger charge is -2.12. The third kappa shape index (κ3) is 2.64. The van der Waals surface area contributed by atoms with E-state index in [-0.39, 0.29) is 23.2 Å². The molecule has 0 aromatic heterocycles. The van der Waals surface area contributed by atoms with E-state index in [1.165, 1.54) is 6.08 Å². The first-order valence-corrected chi connectivity index (χ1v) is 4.80. The number of hydrogen-bond donors (Lipinski definition) is 2. The molecule has 1 rings (SSSR count). The second kappa shape index (κ2) is 5.61. The largest absolute Gasteiger partial charge is 0.506 e. The molecule has 1 aromatic rings. The van der Waals surface area contributed by atoms with Gasteiger partial charge in [-0.25, -0.2) is 0 Å². The van der Waals surface area contributed by atoms with Crippen LogP contribution in [-0.2, 0) is 0 Å².